The highest BCUT2D eigenvalue weighted by atomic mass is 19.2. The highest BCUT2D eigenvalue weighted by molar-refractivity contribution is 6.34. The van der Waals surface area contributed by atoms with E-state index in [1.165, 1.54) is 0 Å². The quantitative estimate of drug-likeness (QED) is 0.517. The summed E-state index contributed by atoms with van der Waals surface area (Å²) in [6, 6.07) is 0. The van der Waals surface area contributed by atoms with Gasteiger partial charge in [0.1, 0.15) is 0 Å². The van der Waals surface area contributed by atoms with E-state index in [9.17, 15) is 8.63 Å². The molecule has 0 aromatic rings. The normalized spacial score (nSPS) is 13.5. The number of halogens is 2. The maximum Gasteiger partial charge on any atom is 0.721 e. The van der Waals surface area contributed by atoms with E-state index in [1.54, 1.807) is 13.8 Å². The van der Waals surface area contributed by atoms with Crippen LogP contribution in [-0.2, 0) is 4.65 Å². The summed E-state index contributed by atoms with van der Waals surface area (Å²) < 4.78 is 26.6. The molecule has 4 heteroatoms. The minimum absolute atomic E-state index is 0.324. The zero-order chi connectivity index (χ0) is 6.57. The molecule has 0 saturated heterocycles. The highest BCUT2D eigenvalue weighted by Crippen LogP contribution is 1.99. The van der Waals surface area contributed by atoms with E-state index in [2.05, 4.69) is 4.65 Å². The zero-order valence-electron chi connectivity index (χ0n) is 5.03. The van der Waals surface area contributed by atoms with Gasteiger partial charge >= 0.3 is 7.47 Å². The molecule has 0 fully saturated rings. The molecule has 1 atom stereocenters. The summed E-state index contributed by atoms with van der Waals surface area (Å²) >= 11 is 0. The Hall–Kier alpha value is -0.115. The van der Waals surface area contributed by atoms with Crippen LogP contribution in [0.5, 0.6) is 0 Å². The van der Waals surface area contributed by atoms with Crippen molar-refractivity contribution in [3.05, 3.63) is 0 Å². The van der Waals surface area contributed by atoms with Gasteiger partial charge in [0.05, 0.1) is 0 Å². The van der Waals surface area contributed by atoms with E-state index in [0.29, 0.717) is 6.42 Å². The molecule has 0 saturated carbocycles. The first-order valence-corrected chi connectivity index (χ1v) is 2.60. The van der Waals surface area contributed by atoms with Crippen LogP contribution in [-0.4, -0.2) is 13.6 Å². The van der Waals surface area contributed by atoms with Crippen molar-refractivity contribution in [1.29, 1.82) is 0 Å². The van der Waals surface area contributed by atoms with Crippen molar-refractivity contribution >= 4 is 7.47 Å². The van der Waals surface area contributed by atoms with Gasteiger partial charge in [0.2, 0.25) is 0 Å². The van der Waals surface area contributed by atoms with Gasteiger partial charge in [-0.05, 0) is 13.3 Å². The van der Waals surface area contributed by atoms with Crippen LogP contribution in [0.1, 0.15) is 20.3 Å². The lowest BCUT2D eigenvalue weighted by Gasteiger charge is -2.05. The van der Waals surface area contributed by atoms with Crippen molar-refractivity contribution in [1.82, 2.24) is 0 Å². The molecule has 0 aliphatic heterocycles. The minimum Gasteiger partial charge on any atom is -0.377 e. The molecular weight excluding hydrogens is 113 g/mol. The summed E-state index contributed by atoms with van der Waals surface area (Å²) in [4.78, 5) is 0. The van der Waals surface area contributed by atoms with Crippen molar-refractivity contribution in [2.45, 2.75) is 26.4 Å². The summed E-state index contributed by atoms with van der Waals surface area (Å²) in [6.07, 6.45) is 0.305. The van der Waals surface area contributed by atoms with E-state index >= 15 is 0 Å². The van der Waals surface area contributed by atoms with Crippen LogP contribution in [0.2, 0.25) is 0 Å². The maximum absolute atomic E-state index is 11.2. The Balaban J connectivity index is 3.10. The van der Waals surface area contributed by atoms with E-state index in [4.69, 9.17) is 0 Å². The minimum atomic E-state index is -2.62. The third-order valence-electron chi connectivity index (χ3n) is 0.910. The van der Waals surface area contributed by atoms with Gasteiger partial charge < -0.3 is 4.65 Å². The lowest BCUT2D eigenvalue weighted by molar-refractivity contribution is 0.173. The molecule has 0 amide bonds. The van der Waals surface area contributed by atoms with Crippen molar-refractivity contribution in [2.75, 3.05) is 0 Å². The van der Waals surface area contributed by atoms with E-state index in [0.717, 1.165) is 0 Å². The molecule has 0 aromatic heterocycles. The van der Waals surface area contributed by atoms with Crippen LogP contribution in [0, 0.1) is 0 Å². The largest absolute Gasteiger partial charge is 0.721 e. The van der Waals surface area contributed by atoms with E-state index in [1.807, 2.05) is 0 Å². The summed E-state index contributed by atoms with van der Waals surface area (Å²) in [5.74, 6) is 0. The van der Waals surface area contributed by atoms with E-state index in [-0.39, 0.29) is 6.10 Å². The van der Waals surface area contributed by atoms with Crippen LogP contribution in [0.4, 0.5) is 8.63 Å². The lowest BCUT2D eigenvalue weighted by atomic mass is 10.2. The molecule has 8 heavy (non-hydrogen) atoms. The van der Waals surface area contributed by atoms with Gasteiger partial charge in [0.25, 0.3) is 0 Å². The van der Waals surface area contributed by atoms with Gasteiger partial charge in [0, 0.05) is 6.10 Å². The first-order valence-electron chi connectivity index (χ1n) is 2.60. The second-order valence-electron chi connectivity index (χ2n) is 1.62. The molecule has 0 rings (SSSR count). The fourth-order valence-electron chi connectivity index (χ4n) is 0.272. The number of hydrogen-bond donors (Lipinski definition) is 0. The molecule has 0 aliphatic carbocycles. The van der Waals surface area contributed by atoms with Crippen LogP contribution >= 0.6 is 0 Å². The molecule has 0 aromatic carbocycles. The second kappa shape index (κ2) is 3.84. The summed E-state index contributed by atoms with van der Waals surface area (Å²) in [5, 5.41) is 0. The molecule has 0 bridgehead atoms. The molecule has 0 N–H and O–H groups in total. The molecular formula is C4H9BF2O. The van der Waals surface area contributed by atoms with Crippen molar-refractivity contribution in [3.63, 3.8) is 0 Å². The van der Waals surface area contributed by atoms with Crippen LogP contribution in [0.25, 0.3) is 0 Å². The zero-order valence-corrected chi connectivity index (χ0v) is 5.03. The molecule has 1 nitrogen and oxygen atoms in total. The number of rotatable bonds is 3. The second-order valence-corrected chi connectivity index (χ2v) is 1.62. The third-order valence-corrected chi connectivity index (χ3v) is 0.910. The van der Waals surface area contributed by atoms with Gasteiger partial charge in [-0.15, -0.1) is 0 Å². The van der Waals surface area contributed by atoms with Crippen LogP contribution in [0.15, 0.2) is 0 Å². The topological polar surface area (TPSA) is 9.23 Å². The third kappa shape index (κ3) is 4.05. The summed E-state index contributed by atoms with van der Waals surface area (Å²) in [7, 11) is -2.62. The molecule has 1 unspecified atom stereocenters. The average Bonchev–Trinajstić information content (AvgIpc) is 1.65. The van der Waals surface area contributed by atoms with Crippen LogP contribution < -0.4 is 0 Å². The fourth-order valence-corrected chi connectivity index (χ4v) is 0.272. The predicted molar refractivity (Wildman–Crippen MR) is 28.8 cm³/mol. The van der Waals surface area contributed by atoms with Gasteiger partial charge in [0.15, 0.2) is 0 Å². The summed E-state index contributed by atoms with van der Waals surface area (Å²) in [5.41, 5.74) is 0. The highest BCUT2D eigenvalue weighted by Gasteiger charge is 2.17. The van der Waals surface area contributed by atoms with Crippen molar-refractivity contribution in [3.8, 4) is 0 Å². The lowest BCUT2D eigenvalue weighted by Crippen LogP contribution is -2.14. The Kier molecular flexibility index (Phi) is 3.78. The molecule has 0 radical (unpaired) electrons. The Bertz CT molecular complexity index is 60.0. The predicted octanol–water partition coefficient (Wildman–Crippen LogP) is 1.73. The van der Waals surface area contributed by atoms with Crippen LogP contribution in [0.3, 0.4) is 0 Å². The standard InChI is InChI=1S/C4H9BF2O/c1-3-4(2)8-5(6)7/h4H,3H2,1-2H3. The molecule has 0 spiro atoms. The van der Waals surface area contributed by atoms with Gasteiger partial charge in [-0.2, -0.15) is 0 Å². The Morgan fingerprint density at radius 1 is 1.62 bits per heavy atom. The molecule has 0 aliphatic rings. The first-order chi connectivity index (χ1) is 3.66. The average molecular weight is 122 g/mol. The summed E-state index contributed by atoms with van der Waals surface area (Å²) in [6.45, 7) is 3.42. The van der Waals surface area contributed by atoms with Crippen molar-refractivity contribution in [2.24, 2.45) is 0 Å². The first kappa shape index (κ1) is 7.88. The van der Waals surface area contributed by atoms with Gasteiger partial charge in [-0.1, -0.05) is 6.92 Å². The number of hydrogen-bond acceptors (Lipinski definition) is 1. The Labute approximate surface area is 48.2 Å². The molecule has 0 heterocycles. The van der Waals surface area contributed by atoms with Crippen molar-refractivity contribution < 1.29 is 13.3 Å². The Morgan fingerprint density at radius 3 is 2.25 bits per heavy atom. The van der Waals surface area contributed by atoms with E-state index < -0.39 is 7.47 Å². The SMILES string of the molecule is CCC(C)OB(F)F. The van der Waals surface area contributed by atoms with Gasteiger partial charge in [-0.25, -0.2) is 0 Å². The maximum atomic E-state index is 11.2. The Morgan fingerprint density at radius 2 is 2.12 bits per heavy atom. The molecule has 48 valence electrons. The monoisotopic (exact) mass is 122 g/mol. The van der Waals surface area contributed by atoms with Gasteiger partial charge in [-0.3, -0.25) is 8.63 Å². The smallest absolute Gasteiger partial charge is 0.377 e. The fraction of sp³-hybridized carbons (Fsp3) is 1.00.